The van der Waals surface area contributed by atoms with Crippen molar-refractivity contribution in [3.8, 4) is 11.3 Å². The van der Waals surface area contributed by atoms with Crippen molar-refractivity contribution in [2.24, 2.45) is 0 Å². The van der Waals surface area contributed by atoms with Crippen LogP contribution in [0, 0.1) is 3.57 Å². The molecule has 4 heteroatoms. The van der Waals surface area contributed by atoms with E-state index in [1.54, 1.807) is 0 Å². The third-order valence-electron chi connectivity index (χ3n) is 2.76. The molecule has 0 saturated carbocycles. The Kier molecular flexibility index (Phi) is 4.70. The summed E-state index contributed by atoms with van der Waals surface area (Å²) in [6.45, 7) is 5.11. The normalized spacial score (nSPS) is 12.7. The molecule has 0 aliphatic heterocycles. The average Bonchev–Trinajstić information content (AvgIpc) is 2.78. The molecule has 18 heavy (non-hydrogen) atoms. The van der Waals surface area contributed by atoms with Gasteiger partial charge in [0, 0.05) is 14.2 Å². The number of hydrogen-bond acceptors (Lipinski definition) is 2. The zero-order valence-electron chi connectivity index (χ0n) is 10.3. The summed E-state index contributed by atoms with van der Waals surface area (Å²) in [6, 6.07) is 10.1. The second kappa shape index (κ2) is 6.08. The predicted molar refractivity (Wildman–Crippen MR) is 84.0 cm³/mol. The SMILES string of the molecule is CCNC(C)c1ccc(-c2ccc(Cl)cc2I)o1. The van der Waals surface area contributed by atoms with E-state index in [4.69, 9.17) is 16.0 Å². The van der Waals surface area contributed by atoms with Crippen molar-refractivity contribution in [2.45, 2.75) is 19.9 Å². The average molecular weight is 376 g/mol. The Hall–Kier alpha value is -0.520. The van der Waals surface area contributed by atoms with Crippen molar-refractivity contribution in [1.29, 1.82) is 0 Å². The summed E-state index contributed by atoms with van der Waals surface area (Å²) in [5.74, 6) is 1.84. The van der Waals surface area contributed by atoms with Gasteiger partial charge in [0.25, 0.3) is 0 Å². The highest BCUT2D eigenvalue weighted by atomic mass is 127. The number of benzene rings is 1. The molecule has 0 fully saturated rings. The minimum absolute atomic E-state index is 0.230. The van der Waals surface area contributed by atoms with Crippen LogP contribution in [0.2, 0.25) is 5.02 Å². The molecule has 96 valence electrons. The molecule has 1 atom stereocenters. The van der Waals surface area contributed by atoms with Crippen LogP contribution in [0.4, 0.5) is 0 Å². The van der Waals surface area contributed by atoms with Gasteiger partial charge in [0.05, 0.1) is 6.04 Å². The molecule has 0 aliphatic rings. The highest BCUT2D eigenvalue weighted by Gasteiger charge is 2.12. The largest absolute Gasteiger partial charge is 0.459 e. The molecule has 1 N–H and O–H groups in total. The first-order chi connectivity index (χ1) is 8.61. The maximum atomic E-state index is 5.96. The summed E-state index contributed by atoms with van der Waals surface area (Å²) in [6.07, 6.45) is 0. The molecule has 1 aromatic heterocycles. The molecule has 2 nitrogen and oxygen atoms in total. The van der Waals surface area contributed by atoms with Crippen LogP contribution in [0.15, 0.2) is 34.7 Å². The van der Waals surface area contributed by atoms with Crippen molar-refractivity contribution in [2.75, 3.05) is 6.54 Å². The highest BCUT2D eigenvalue weighted by Crippen LogP contribution is 2.30. The van der Waals surface area contributed by atoms with Crippen molar-refractivity contribution < 1.29 is 4.42 Å². The minimum Gasteiger partial charge on any atom is -0.459 e. The maximum Gasteiger partial charge on any atom is 0.135 e. The van der Waals surface area contributed by atoms with Crippen molar-refractivity contribution in [3.63, 3.8) is 0 Å². The van der Waals surface area contributed by atoms with Gasteiger partial charge in [-0.3, -0.25) is 0 Å². The van der Waals surface area contributed by atoms with E-state index in [1.807, 2.05) is 30.3 Å². The number of furan rings is 1. The van der Waals surface area contributed by atoms with E-state index >= 15 is 0 Å². The fraction of sp³-hybridized carbons (Fsp3) is 0.286. The molecule has 1 heterocycles. The van der Waals surface area contributed by atoms with E-state index in [9.17, 15) is 0 Å². The second-order valence-corrected chi connectivity index (χ2v) is 5.70. The van der Waals surface area contributed by atoms with Crippen LogP contribution in [-0.2, 0) is 0 Å². The van der Waals surface area contributed by atoms with Crippen molar-refractivity contribution >= 4 is 34.2 Å². The number of hydrogen-bond donors (Lipinski definition) is 1. The third kappa shape index (κ3) is 3.08. The molecule has 0 radical (unpaired) electrons. The number of rotatable bonds is 4. The Morgan fingerprint density at radius 3 is 2.78 bits per heavy atom. The van der Waals surface area contributed by atoms with Crippen molar-refractivity contribution in [3.05, 3.63) is 44.7 Å². The fourth-order valence-electron chi connectivity index (χ4n) is 1.83. The molecule has 2 aromatic rings. The first-order valence-corrected chi connectivity index (χ1v) is 7.36. The van der Waals surface area contributed by atoms with Gasteiger partial charge in [-0.05, 0) is 66.4 Å². The molecule has 0 spiro atoms. The van der Waals surface area contributed by atoms with E-state index in [0.29, 0.717) is 0 Å². The zero-order valence-corrected chi connectivity index (χ0v) is 13.2. The van der Waals surface area contributed by atoms with Crippen LogP contribution in [0.25, 0.3) is 11.3 Å². The van der Waals surface area contributed by atoms with Gasteiger partial charge in [-0.2, -0.15) is 0 Å². The molecule has 0 amide bonds. The van der Waals surface area contributed by atoms with Gasteiger partial charge in [0.2, 0.25) is 0 Å². The van der Waals surface area contributed by atoms with Gasteiger partial charge < -0.3 is 9.73 Å². The van der Waals surface area contributed by atoms with E-state index in [1.165, 1.54) is 0 Å². The van der Waals surface area contributed by atoms with Crippen LogP contribution in [-0.4, -0.2) is 6.54 Å². The summed E-state index contributed by atoms with van der Waals surface area (Å²) < 4.78 is 6.99. The number of nitrogens with one attached hydrogen (secondary N) is 1. The summed E-state index contributed by atoms with van der Waals surface area (Å²) in [5, 5.41) is 4.08. The van der Waals surface area contributed by atoms with Gasteiger partial charge in [-0.1, -0.05) is 18.5 Å². The molecule has 2 rings (SSSR count). The molecule has 0 saturated heterocycles. The van der Waals surface area contributed by atoms with Crippen LogP contribution >= 0.6 is 34.2 Å². The van der Waals surface area contributed by atoms with E-state index in [2.05, 4.69) is 41.8 Å². The lowest BCUT2D eigenvalue weighted by Crippen LogP contribution is -2.16. The van der Waals surface area contributed by atoms with Crippen LogP contribution in [0.5, 0.6) is 0 Å². The van der Waals surface area contributed by atoms with Gasteiger partial charge in [-0.25, -0.2) is 0 Å². The summed E-state index contributed by atoms with van der Waals surface area (Å²) in [4.78, 5) is 0. The molecule has 0 aliphatic carbocycles. The Labute approximate surface area is 126 Å². The van der Waals surface area contributed by atoms with Gasteiger partial charge >= 0.3 is 0 Å². The minimum atomic E-state index is 0.230. The Morgan fingerprint density at radius 1 is 1.33 bits per heavy atom. The first-order valence-electron chi connectivity index (χ1n) is 5.90. The summed E-state index contributed by atoms with van der Waals surface area (Å²) >= 11 is 8.23. The maximum absolute atomic E-state index is 5.96. The monoisotopic (exact) mass is 375 g/mol. The molecule has 1 aromatic carbocycles. The molecule has 0 bridgehead atoms. The van der Waals surface area contributed by atoms with Crippen LogP contribution < -0.4 is 5.32 Å². The lowest BCUT2D eigenvalue weighted by atomic mass is 10.2. The molecule has 1 unspecified atom stereocenters. The van der Waals surface area contributed by atoms with Crippen LogP contribution in [0.3, 0.4) is 0 Å². The Bertz CT molecular complexity index is 538. The fourth-order valence-corrected chi connectivity index (χ4v) is 2.96. The topological polar surface area (TPSA) is 25.2 Å². The summed E-state index contributed by atoms with van der Waals surface area (Å²) in [7, 11) is 0. The zero-order chi connectivity index (χ0) is 13.1. The van der Waals surface area contributed by atoms with Crippen LogP contribution in [0.1, 0.15) is 25.6 Å². The van der Waals surface area contributed by atoms with Gasteiger partial charge in [0.1, 0.15) is 11.5 Å². The molecular formula is C14H15ClINO. The quantitative estimate of drug-likeness (QED) is 0.771. The lowest BCUT2D eigenvalue weighted by Gasteiger charge is -2.08. The van der Waals surface area contributed by atoms with E-state index in [-0.39, 0.29) is 6.04 Å². The number of halogens is 2. The first kappa shape index (κ1) is 13.9. The Morgan fingerprint density at radius 2 is 2.11 bits per heavy atom. The third-order valence-corrected chi connectivity index (χ3v) is 3.89. The smallest absolute Gasteiger partial charge is 0.135 e. The van der Waals surface area contributed by atoms with E-state index < -0.39 is 0 Å². The van der Waals surface area contributed by atoms with Gasteiger partial charge in [-0.15, -0.1) is 0 Å². The Balaban J connectivity index is 2.29. The highest BCUT2D eigenvalue weighted by molar-refractivity contribution is 14.1. The van der Waals surface area contributed by atoms with E-state index in [0.717, 1.165) is 32.2 Å². The standard InChI is InChI=1S/C14H15ClINO/c1-3-17-9(2)13-6-7-14(18-13)11-5-4-10(15)8-12(11)16/h4-9,17H,3H2,1-2H3. The predicted octanol–water partition coefficient (Wildman–Crippen LogP) is 4.88. The van der Waals surface area contributed by atoms with Gasteiger partial charge in [0.15, 0.2) is 0 Å². The molecular weight excluding hydrogens is 361 g/mol. The second-order valence-electron chi connectivity index (χ2n) is 4.11. The lowest BCUT2D eigenvalue weighted by molar-refractivity contribution is 0.445. The summed E-state index contributed by atoms with van der Waals surface area (Å²) in [5.41, 5.74) is 1.08. The van der Waals surface area contributed by atoms with Crippen molar-refractivity contribution in [1.82, 2.24) is 5.32 Å².